The molecule has 0 aromatic heterocycles. The lowest BCUT2D eigenvalue weighted by molar-refractivity contribution is -0.150. The van der Waals surface area contributed by atoms with E-state index in [1.54, 1.807) is 0 Å². The largest absolute Gasteiger partial charge is 0.484 e. The third-order valence-corrected chi connectivity index (χ3v) is 5.01. The van der Waals surface area contributed by atoms with Crippen molar-refractivity contribution < 1.29 is 23.8 Å². The fourth-order valence-corrected chi connectivity index (χ4v) is 3.84. The molecule has 23 heavy (non-hydrogen) atoms. The number of rotatable bonds is 4. The number of ether oxygens (including phenoxy) is 1. The highest BCUT2D eigenvalue weighted by molar-refractivity contribution is 6.30. The highest BCUT2D eigenvalue weighted by Gasteiger charge is 2.49. The molecule has 7 heteroatoms. The van der Waals surface area contributed by atoms with Crippen LogP contribution in [0.3, 0.4) is 0 Å². The number of fused-ring (bicyclic) bond motifs is 1. The second-order valence-electron chi connectivity index (χ2n) is 6.05. The van der Waals surface area contributed by atoms with E-state index in [1.807, 2.05) is 0 Å². The van der Waals surface area contributed by atoms with Crippen molar-refractivity contribution >= 4 is 23.5 Å². The maximum Gasteiger partial charge on any atom is 0.326 e. The predicted octanol–water partition coefficient (Wildman–Crippen LogP) is 2.57. The fraction of sp³-hybridized carbons (Fsp3) is 0.500. The van der Waals surface area contributed by atoms with Crippen molar-refractivity contribution in [2.24, 2.45) is 11.8 Å². The number of carboxylic acid groups (broad SMARTS) is 1. The van der Waals surface area contributed by atoms with Gasteiger partial charge in [0.25, 0.3) is 5.91 Å². The molecule has 1 aliphatic heterocycles. The van der Waals surface area contributed by atoms with Gasteiger partial charge in [-0.3, -0.25) is 4.79 Å². The van der Waals surface area contributed by atoms with E-state index in [0.29, 0.717) is 6.54 Å². The summed E-state index contributed by atoms with van der Waals surface area (Å²) in [6, 6.07) is 3.05. The average Bonchev–Trinajstić information content (AvgIpc) is 3.08. The molecule has 1 amide bonds. The number of halogens is 2. The minimum Gasteiger partial charge on any atom is -0.484 e. The summed E-state index contributed by atoms with van der Waals surface area (Å²) in [5.74, 6) is -1.32. The van der Waals surface area contributed by atoms with Crippen molar-refractivity contribution in [3.05, 3.63) is 29.0 Å². The number of nitrogens with zero attached hydrogens (tertiary/aromatic N) is 1. The Balaban J connectivity index is 1.65. The van der Waals surface area contributed by atoms with Gasteiger partial charge in [-0.05, 0) is 36.8 Å². The Hall–Kier alpha value is -1.82. The standard InChI is InChI=1S/C16H17ClFNO4/c17-12-6-10(4-5-13(12)18)23-8-14(20)19-7-9-2-1-3-11(9)15(19)16(21)22/h4-6,9,11,15H,1-3,7-8H2,(H,21,22). The first kappa shape index (κ1) is 16.1. The second-order valence-corrected chi connectivity index (χ2v) is 6.46. The quantitative estimate of drug-likeness (QED) is 0.914. The molecule has 1 N–H and O–H groups in total. The van der Waals surface area contributed by atoms with Crippen LogP contribution >= 0.6 is 11.6 Å². The molecular weight excluding hydrogens is 325 g/mol. The Labute approximate surface area is 138 Å². The van der Waals surface area contributed by atoms with E-state index in [2.05, 4.69) is 0 Å². The molecule has 0 bridgehead atoms. The van der Waals surface area contributed by atoms with Crippen LogP contribution in [0, 0.1) is 17.7 Å². The maximum atomic E-state index is 13.1. The Morgan fingerprint density at radius 2 is 2.17 bits per heavy atom. The van der Waals surface area contributed by atoms with Crippen molar-refractivity contribution in [3.8, 4) is 5.75 Å². The molecule has 1 aliphatic carbocycles. The van der Waals surface area contributed by atoms with Crippen LogP contribution < -0.4 is 4.74 Å². The summed E-state index contributed by atoms with van der Waals surface area (Å²) < 4.78 is 18.4. The van der Waals surface area contributed by atoms with Gasteiger partial charge in [0, 0.05) is 12.6 Å². The summed E-state index contributed by atoms with van der Waals surface area (Å²) in [6.07, 6.45) is 2.83. The second kappa shape index (κ2) is 6.35. The van der Waals surface area contributed by atoms with Gasteiger partial charge in [-0.15, -0.1) is 0 Å². The van der Waals surface area contributed by atoms with Gasteiger partial charge in [0.2, 0.25) is 0 Å². The molecule has 3 unspecified atom stereocenters. The molecule has 2 aliphatic rings. The molecule has 0 spiro atoms. The van der Waals surface area contributed by atoms with Crippen molar-refractivity contribution in [3.63, 3.8) is 0 Å². The summed E-state index contributed by atoms with van der Waals surface area (Å²) in [4.78, 5) is 25.3. The van der Waals surface area contributed by atoms with Crippen molar-refractivity contribution in [1.82, 2.24) is 4.90 Å². The van der Waals surface area contributed by atoms with E-state index in [4.69, 9.17) is 16.3 Å². The number of hydrogen-bond donors (Lipinski definition) is 1. The Bertz CT molecular complexity index is 639. The number of likely N-dealkylation sites (tertiary alicyclic amines) is 1. The van der Waals surface area contributed by atoms with E-state index in [-0.39, 0.29) is 35.1 Å². The summed E-state index contributed by atoms with van der Waals surface area (Å²) in [5, 5.41) is 9.35. The highest BCUT2D eigenvalue weighted by Crippen LogP contribution is 2.42. The van der Waals surface area contributed by atoms with E-state index in [0.717, 1.165) is 25.3 Å². The van der Waals surface area contributed by atoms with Crippen molar-refractivity contribution in [2.75, 3.05) is 13.2 Å². The number of hydrogen-bond acceptors (Lipinski definition) is 3. The molecule has 1 saturated carbocycles. The van der Waals surface area contributed by atoms with E-state index < -0.39 is 17.8 Å². The average molecular weight is 342 g/mol. The number of carboxylic acids is 1. The van der Waals surface area contributed by atoms with Crippen molar-refractivity contribution in [2.45, 2.75) is 25.3 Å². The summed E-state index contributed by atoms with van der Waals surface area (Å²) in [7, 11) is 0. The van der Waals surface area contributed by atoms with E-state index in [9.17, 15) is 19.1 Å². The molecule has 5 nitrogen and oxygen atoms in total. The zero-order valence-corrected chi connectivity index (χ0v) is 13.1. The van der Waals surface area contributed by atoms with Gasteiger partial charge < -0.3 is 14.7 Å². The van der Waals surface area contributed by atoms with Gasteiger partial charge in [-0.1, -0.05) is 18.0 Å². The topological polar surface area (TPSA) is 66.8 Å². The number of carbonyl (C=O) groups is 2. The zero-order chi connectivity index (χ0) is 16.6. The van der Waals surface area contributed by atoms with Gasteiger partial charge in [-0.2, -0.15) is 0 Å². The van der Waals surface area contributed by atoms with Gasteiger partial charge >= 0.3 is 5.97 Å². The van der Waals surface area contributed by atoms with Crippen LogP contribution in [0.4, 0.5) is 4.39 Å². The number of aliphatic carboxylic acids is 1. The molecule has 3 rings (SSSR count). The zero-order valence-electron chi connectivity index (χ0n) is 12.4. The molecule has 2 fully saturated rings. The first-order valence-corrected chi connectivity index (χ1v) is 7.95. The Morgan fingerprint density at radius 1 is 1.39 bits per heavy atom. The number of carbonyl (C=O) groups excluding carboxylic acids is 1. The lowest BCUT2D eigenvalue weighted by atomic mass is 9.94. The minimum absolute atomic E-state index is 0.0386. The van der Waals surface area contributed by atoms with Crippen LogP contribution in [0.5, 0.6) is 5.75 Å². The highest BCUT2D eigenvalue weighted by atomic mass is 35.5. The molecule has 0 radical (unpaired) electrons. The molecule has 1 aromatic carbocycles. The van der Waals surface area contributed by atoms with Crippen LogP contribution in [0.1, 0.15) is 19.3 Å². The molecule has 1 aromatic rings. The number of amides is 1. The van der Waals surface area contributed by atoms with Gasteiger partial charge in [0.15, 0.2) is 6.61 Å². The molecule has 124 valence electrons. The third kappa shape index (κ3) is 3.13. The van der Waals surface area contributed by atoms with Gasteiger partial charge in [0.1, 0.15) is 17.6 Å². The van der Waals surface area contributed by atoms with Gasteiger partial charge in [0.05, 0.1) is 5.02 Å². The smallest absolute Gasteiger partial charge is 0.326 e. The fourth-order valence-electron chi connectivity index (χ4n) is 3.67. The molecule has 3 atom stereocenters. The third-order valence-electron chi connectivity index (χ3n) is 4.72. The summed E-state index contributed by atoms with van der Waals surface area (Å²) >= 11 is 5.66. The lowest BCUT2D eigenvalue weighted by Gasteiger charge is -2.24. The van der Waals surface area contributed by atoms with E-state index >= 15 is 0 Å². The monoisotopic (exact) mass is 341 g/mol. The summed E-state index contributed by atoms with van der Waals surface area (Å²) in [5.41, 5.74) is 0. The molecule has 1 heterocycles. The normalized spacial score (nSPS) is 26.2. The maximum absolute atomic E-state index is 13.1. The first-order chi connectivity index (χ1) is 11.0. The van der Waals surface area contributed by atoms with Gasteiger partial charge in [-0.25, -0.2) is 9.18 Å². The Morgan fingerprint density at radius 3 is 2.87 bits per heavy atom. The predicted molar refractivity (Wildman–Crippen MR) is 80.9 cm³/mol. The Kier molecular flexibility index (Phi) is 4.43. The minimum atomic E-state index is -0.961. The van der Waals surface area contributed by atoms with Crippen LogP contribution in [0.25, 0.3) is 0 Å². The number of benzene rings is 1. The summed E-state index contributed by atoms with van der Waals surface area (Å²) in [6.45, 7) is 0.180. The van der Waals surface area contributed by atoms with Crippen molar-refractivity contribution in [1.29, 1.82) is 0 Å². The molecular formula is C16H17ClFNO4. The first-order valence-electron chi connectivity index (χ1n) is 7.57. The van der Waals surface area contributed by atoms with Crippen LogP contribution in [-0.4, -0.2) is 41.1 Å². The SMILES string of the molecule is O=C(O)C1C2CCCC2CN1C(=O)COc1ccc(F)c(Cl)c1. The van der Waals surface area contributed by atoms with Crippen LogP contribution in [-0.2, 0) is 9.59 Å². The van der Waals surface area contributed by atoms with Crippen LogP contribution in [0.15, 0.2) is 18.2 Å². The van der Waals surface area contributed by atoms with E-state index in [1.165, 1.54) is 17.0 Å². The lowest BCUT2D eigenvalue weighted by Crippen LogP contribution is -2.45. The molecule has 1 saturated heterocycles. The van der Waals surface area contributed by atoms with Crippen LogP contribution in [0.2, 0.25) is 5.02 Å².